The Hall–Kier alpha value is -2.69. The van der Waals surface area contributed by atoms with Crippen LogP contribution in [-0.4, -0.2) is 20.9 Å². The van der Waals surface area contributed by atoms with Gasteiger partial charge in [0.2, 0.25) is 10.0 Å². The number of ether oxygens (including phenoxy) is 1. The van der Waals surface area contributed by atoms with Gasteiger partial charge in [0.25, 0.3) is 0 Å². The summed E-state index contributed by atoms with van der Waals surface area (Å²) in [6.45, 7) is 1.91. The van der Waals surface area contributed by atoms with E-state index in [9.17, 15) is 13.2 Å². The molecule has 2 aromatic rings. The molecule has 0 spiro atoms. The van der Waals surface area contributed by atoms with Gasteiger partial charge in [-0.15, -0.1) is 0 Å². The second kappa shape index (κ2) is 8.42. The fraction of sp³-hybridized carbons (Fsp3) is 0.222. The minimum Gasteiger partial charge on any atom is -0.461 e. The molecule has 0 heterocycles. The summed E-state index contributed by atoms with van der Waals surface area (Å²) in [4.78, 5) is 11.9. The summed E-state index contributed by atoms with van der Waals surface area (Å²) >= 11 is 0. The summed E-state index contributed by atoms with van der Waals surface area (Å²) in [5.74, 6) is -0.504. The maximum atomic E-state index is 12.1. The Bertz CT molecular complexity index is 867. The number of hydrogen-bond donors (Lipinski definition) is 1. The zero-order valence-electron chi connectivity index (χ0n) is 13.7. The molecule has 0 atom stereocenters. The summed E-state index contributed by atoms with van der Waals surface area (Å²) in [6, 6.07) is 15.1. The zero-order chi connectivity index (χ0) is 18.3. The van der Waals surface area contributed by atoms with Gasteiger partial charge in [-0.3, -0.25) is 4.79 Å². The first-order chi connectivity index (χ1) is 11.9. The van der Waals surface area contributed by atoms with Gasteiger partial charge in [-0.1, -0.05) is 29.8 Å². The highest BCUT2D eigenvalue weighted by molar-refractivity contribution is 7.89. The first-order valence-electron chi connectivity index (χ1n) is 7.62. The van der Waals surface area contributed by atoms with Gasteiger partial charge < -0.3 is 4.74 Å². The highest BCUT2D eigenvalue weighted by Gasteiger charge is 2.14. The van der Waals surface area contributed by atoms with Crippen LogP contribution in [0.15, 0.2) is 53.4 Å². The van der Waals surface area contributed by atoms with Crippen molar-refractivity contribution in [3.05, 3.63) is 65.2 Å². The summed E-state index contributed by atoms with van der Waals surface area (Å²) in [5.41, 5.74) is 2.25. The first kappa shape index (κ1) is 18.6. The van der Waals surface area contributed by atoms with Crippen LogP contribution in [0.5, 0.6) is 0 Å². The highest BCUT2D eigenvalue weighted by atomic mass is 32.2. The Kier molecular flexibility index (Phi) is 6.28. The number of carbonyl (C=O) groups is 1. The lowest BCUT2D eigenvalue weighted by atomic mass is 10.2. The third kappa shape index (κ3) is 5.71. The highest BCUT2D eigenvalue weighted by Crippen LogP contribution is 2.10. The van der Waals surface area contributed by atoms with E-state index in [0.717, 1.165) is 11.1 Å². The fourth-order valence-electron chi connectivity index (χ4n) is 2.00. The quantitative estimate of drug-likeness (QED) is 0.766. The molecule has 0 aliphatic rings. The monoisotopic (exact) mass is 358 g/mol. The van der Waals surface area contributed by atoms with Gasteiger partial charge in [-0.2, -0.15) is 5.26 Å². The molecule has 0 aliphatic carbocycles. The van der Waals surface area contributed by atoms with Crippen molar-refractivity contribution in [2.24, 2.45) is 0 Å². The molecule has 0 aliphatic heterocycles. The number of esters is 1. The molecule has 0 fully saturated rings. The van der Waals surface area contributed by atoms with E-state index < -0.39 is 16.0 Å². The third-order valence-corrected chi connectivity index (χ3v) is 4.91. The largest absolute Gasteiger partial charge is 0.461 e. The summed E-state index contributed by atoms with van der Waals surface area (Å²) in [6.07, 6.45) is -0.0681. The van der Waals surface area contributed by atoms with Gasteiger partial charge in [-0.05, 0) is 36.8 Å². The van der Waals surface area contributed by atoms with Crippen LogP contribution in [0.2, 0.25) is 0 Å². The van der Waals surface area contributed by atoms with E-state index >= 15 is 0 Å². The molecule has 25 heavy (non-hydrogen) atoms. The van der Waals surface area contributed by atoms with Crippen molar-refractivity contribution >= 4 is 16.0 Å². The lowest BCUT2D eigenvalue weighted by Gasteiger charge is -2.08. The average molecular weight is 358 g/mol. The van der Waals surface area contributed by atoms with Crippen LogP contribution in [0.3, 0.4) is 0 Å². The maximum absolute atomic E-state index is 12.1. The van der Waals surface area contributed by atoms with E-state index in [4.69, 9.17) is 10.00 Å². The van der Waals surface area contributed by atoms with Gasteiger partial charge in [0, 0.05) is 6.54 Å². The van der Waals surface area contributed by atoms with Crippen LogP contribution in [0.25, 0.3) is 0 Å². The molecule has 130 valence electrons. The molecule has 2 aromatic carbocycles. The maximum Gasteiger partial charge on any atom is 0.307 e. The molecule has 0 aromatic heterocycles. The van der Waals surface area contributed by atoms with Crippen molar-refractivity contribution in [1.29, 1.82) is 5.26 Å². The van der Waals surface area contributed by atoms with E-state index in [2.05, 4.69) is 4.72 Å². The normalized spacial score (nSPS) is 10.9. The topological polar surface area (TPSA) is 96.3 Å². The smallest absolute Gasteiger partial charge is 0.307 e. The van der Waals surface area contributed by atoms with Crippen molar-refractivity contribution in [3.63, 3.8) is 0 Å². The minimum atomic E-state index is -3.64. The molecule has 7 heteroatoms. The molecule has 0 radical (unpaired) electrons. The third-order valence-electron chi connectivity index (χ3n) is 3.44. The van der Waals surface area contributed by atoms with Crippen LogP contribution in [-0.2, 0) is 26.2 Å². The van der Waals surface area contributed by atoms with Crippen LogP contribution >= 0.6 is 0 Å². The van der Waals surface area contributed by atoms with Crippen molar-refractivity contribution in [1.82, 2.24) is 4.72 Å². The van der Waals surface area contributed by atoms with E-state index in [1.165, 1.54) is 12.1 Å². The molecule has 0 saturated carbocycles. The Morgan fingerprint density at radius 3 is 2.36 bits per heavy atom. The van der Waals surface area contributed by atoms with Crippen molar-refractivity contribution < 1.29 is 17.9 Å². The molecule has 0 saturated heterocycles. The molecule has 1 N–H and O–H groups in total. The van der Waals surface area contributed by atoms with Gasteiger partial charge in [-0.25, -0.2) is 13.1 Å². The minimum absolute atomic E-state index is 0.0393. The number of nitrogens with one attached hydrogen (secondary N) is 1. The standard InChI is InChI=1S/C18H18N2O4S/c1-14-2-8-17(9-3-14)25(22,23)20-11-10-18(21)24-13-16-6-4-15(12-19)5-7-16/h2-9,20H,10-11,13H2,1H3. The Balaban J connectivity index is 1.77. The van der Waals surface area contributed by atoms with E-state index in [-0.39, 0.29) is 24.5 Å². The number of aryl methyl sites for hydroxylation is 1. The Labute approximate surface area is 147 Å². The van der Waals surface area contributed by atoms with Crippen LogP contribution in [0.4, 0.5) is 0 Å². The lowest BCUT2D eigenvalue weighted by molar-refractivity contribution is -0.144. The SMILES string of the molecule is Cc1ccc(S(=O)(=O)NCCC(=O)OCc2ccc(C#N)cc2)cc1. The Morgan fingerprint density at radius 1 is 1.12 bits per heavy atom. The number of nitriles is 1. The van der Waals surface area contributed by atoms with Gasteiger partial charge in [0.05, 0.1) is 22.9 Å². The van der Waals surface area contributed by atoms with Crippen LogP contribution < -0.4 is 4.72 Å². The van der Waals surface area contributed by atoms with Crippen molar-refractivity contribution in [3.8, 4) is 6.07 Å². The van der Waals surface area contributed by atoms with E-state index in [0.29, 0.717) is 5.56 Å². The predicted octanol–water partition coefficient (Wildman–Crippen LogP) is 2.28. The number of sulfonamides is 1. The fourth-order valence-corrected chi connectivity index (χ4v) is 3.03. The molecule has 6 nitrogen and oxygen atoms in total. The zero-order valence-corrected chi connectivity index (χ0v) is 14.5. The van der Waals surface area contributed by atoms with Gasteiger partial charge >= 0.3 is 5.97 Å². The number of hydrogen-bond acceptors (Lipinski definition) is 5. The molecule has 0 bridgehead atoms. The number of rotatable bonds is 7. The second-order valence-electron chi connectivity index (χ2n) is 5.43. The molecule has 0 amide bonds. The molecular weight excluding hydrogens is 340 g/mol. The number of carbonyl (C=O) groups excluding carboxylic acids is 1. The lowest BCUT2D eigenvalue weighted by Crippen LogP contribution is -2.26. The average Bonchev–Trinajstić information content (AvgIpc) is 2.60. The predicted molar refractivity (Wildman–Crippen MR) is 91.9 cm³/mol. The van der Waals surface area contributed by atoms with Crippen molar-refractivity contribution in [2.75, 3.05) is 6.54 Å². The molecule has 2 rings (SSSR count). The summed E-state index contributed by atoms with van der Waals surface area (Å²) < 4.78 is 31.6. The van der Waals surface area contributed by atoms with E-state index in [1.807, 2.05) is 13.0 Å². The number of benzene rings is 2. The second-order valence-corrected chi connectivity index (χ2v) is 7.20. The summed E-state index contributed by atoms with van der Waals surface area (Å²) in [5, 5.41) is 8.71. The number of nitrogens with zero attached hydrogens (tertiary/aromatic N) is 1. The van der Waals surface area contributed by atoms with E-state index in [1.54, 1.807) is 36.4 Å². The van der Waals surface area contributed by atoms with Gasteiger partial charge in [0.1, 0.15) is 6.61 Å². The van der Waals surface area contributed by atoms with Crippen LogP contribution in [0.1, 0.15) is 23.1 Å². The first-order valence-corrected chi connectivity index (χ1v) is 9.10. The summed E-state index contributed by atoms with van der Waals surface area (Å²) in [7, 11) is -3.64. The van der Waals surface area contributed by atoms with Crippen LogP contribution in [0, 0.1) is 18.3 Å². The molecular formula is C18H18N2O4S. The Morgan fingerprint density at radius 2 is 1.76 bits per heavy atom. The van der Waals surface area contributed by atoms with Crippen molar-refractivity contribution in [2.45, 2.75) is 24.8 Å². The van der Waals surface area contributed by atoms with Gasteiger partial charge in [0.15, 0.2) is 0 Å². The molecule has 0 unspecified atom stereocenters.